The molecule has 16 heteroatoms. The molecule has 0 spiro atoms. The van der Waals surface area contributed by atoms with E-state index in [-0.39, 0.29) is 12.8 Å². The Kier molecular flexibility index (Phi) is 35.5. The van der Waals surface area contributed by atoms with E-state index < -0.39 is 66.2 Å². The molecule has 14 nitrogen and oxygen atoms in total. The highest BCUT2D eigenvalue weighted by atomic mass is 31.2. The summed E-state index contributed by atoms with van der Waals surface area (Å²) in [5.41, 5.74) is 0. The minimum Gasteiger partial charge on any atom is -0.462 e. The number of aliphatic hydroxyl groups is 1. The lowest BCUT2D eigenvalue weighted by Gasteiger charge is -2.20. The number of esters is 2. The van der Waals surface area contributed by atoms with Crippen LogP contribution in [0.15, 0.2) is 60.8 Å². The maximum atomic E-state index is 12.7. The summed E-state index contributed by atoms with van der Waals surface area (Å²) in [5.74, 6) is -1.11. The fourth-order valence-electron chi connectivity index (χ4n) is 6.12. The van der Waals surface area contributed by atoms with Crippen molar-refractivity contribution in [3.63, 3.8) is 0 Å². The minimum atomic E-state index is -4.87. The van der Waals surface area contributed by atoms with Crippen molar-refractivity contribution in [3.8, 4) is 0 Å². The molecular formula is C46H80O14P2. The average Bonchev–Trinajstić information content (AvgIpc) is 3.99. The van der Waals surface area contributed by atoms with E-state index in [1.165, 1.54) is 38.5 Å². The van der Waals surface area contributed by atoms with Gasteiger partial charge < -0.3 is 34.0 Å². The van der Waals surface area contributed by atoms with Crippen LogP contribution < -0.4 is 0 Å². The number of unbranched alkanes of at least 4 members (excludes halogenated alkanes) is 14. The molecule has 1 heterocycles. The van der Waals surface area contributed by atoms with E-state index in [0.717, 1.165) is 83.5 Å². The highest BCUT2D eigenvalue weighted by molar-refractivity contribution is 7.47. The van der Waals surface area contributed by atoms with Crippen LogP contribution >= 0.6 is 15.6 Å². The fraction of sp³-hybridized carbons (Fsp3) is 0.739. The van der Waals surface area contributed by atoms with Gasteiger partial charge in [-0.2, -0.15) is 0 Å². The second kappa shape index (κ2) is 38.1. The molecule has 5 atom stereocenters. The van der Waals surface area contributed by atoms with Gasteiger partial charge >= 0.3 is 27.6 Å². The molecule has 1 fully saturated rings. The highest BCUT2D eigenvalue weighted by Gasteiger charge is 2.36. The summed E-state index contributed by atoms with van der Waals surface area (Å²) in [5, 5.41) is 9.76. The van der Waals surface area contributed by atoms with E-state index >= 15 is 0 Å². The number of hydrogen-bond acceptors (Lipinski definition) is 11. The quantitative estimate of drug-likeness (QED) is 0.0148. The highest BCUT2D eigenvalue weighted by Crippen LogP contribution is 2.44. The molecule has 4 N–H and O–H groups in total. The maximum absolute atomic E-state index is 12.7. The molecule has 1 saturated heterocycles. The van der Waals surface area contributed by atoms with Crippen molar-refractivity contribution >= 4 is 27.6 Å². The number of phosphoric acid groups is 2. The first-order valence-electron chi connectivity index (χ1n) is 23.1. The van der Waals surface area contributed by atoms with Crippen LogP contribution in [0, 0.1) is 0 Å². The summed E-state index contributed by atoms with van der Waals surface area (Å²) in [4.78, 5) is 52.8. The predicted molar refractivity (Wildman–Crippen MR) is 243 cm³/mol. The topological polar surface area (TPSA) is 208 Å². The van der Waals surface area contributed by atoms with Crippen LogP contribution in [0.5, 0.6) is 0 Å². The van der Waals surface area contributed by atoms with Gasteiger partial charge in [0.15, 0.2) is 6.10 Å². The predicted octanol–water partition coefficient (Wildman–Crippen LogP) is 11.0. The number of allylic oxidation sites excluding steroid dienone is 8. The summed E-state index contributed by atoms with van der Waals surface area (Å²) in [6.07, 6.45) is 42.4. The first-order valence-corrected chi connectivity index (χ1v) is 26.1. The standard InChI is InChI=1S/C46H80O14P2/c1-3-5-7-9-11-12-13-14-15-16-17-18-19-20-23-28-32-36-46(49)59-42(40-58-62(53,54)57-38-41(47)37-56-61(50,51)52)39-55-45(48)35-31-27-24-21-22-26-30-34-44-43(60-44)33-29-25-10-8-6-4-2/h11-12,14-15,21,24-26,29-30,41-44,47H,3-10,13,16-20,22-23,27-28,31-40H2,1-2H3,(H,53,54)(H2,50,51,52)/b12-11-,15-14-,24-21-,29-25-,30-26-/t41-,42+,43?,44?/m0/s1. The number of phosphoric ester groups is 2. The van der Waals surface area contributed by atoms with Crippen molar-refractivity contribution < 1.29 is 66.3 Å². The van der Waals surface area contributed by atoms with Crippen LogP contribution in [-0.2, 0) is 46.5 Å². The number of ether oxygens (including phenoxy) is 3. The van der Waals surface area contributed by atoms with Crippen molar-refractivity contribution in [3.05, 3.63) is 60.8 Å². The van der Waals surface area contributed by atoms with Gasteiger partial charge in [-0.15, -0.1) is 0 Å². The molecular weight excluding hydrogens is 838 g/mol. The Labute approximate surface area is 372 Å². The Balaban J connectivity index is 2.38. The number of carbonyl (C=O) groups is 2. The zero-order valence-electron chi connectivity index (χ0n) is 37.6. The zero-order chi connectivity index (χ0) is 45.6. The number of epoxide rings is 1. The van der Waals surface area contributed by atoms with Crippen LogP contribution in [0.3, 0.4) is 0 Å². The first kappa shape index (κ1) is 57.8. The van der Waals surface area contributed by atoms with Gasteiger partial charge in [-0.05, 0) is 83.5 Å². The zero-order valence-corrected chi connectivity index (χ0v) is 39.4. The van der Waals surface area contributed by atoms with Gasteiger partial charge in [0.05, 0.1) is 32.0 Å². The molecule has 62 heavy (non-hydrogen) atoms. The third kappa shape index (κ3) is 38.3. The molecule has 358 valence electrons. The number of hydrogen-bond donors (Lipinski definition) is 4. The monoisotopic (exact) mass is 919 g/mol. The van der Waals surface area contributed by atoms with Gasteiger partial charge in [-0.1, -0.05) is 132 Å². The molecule has 0 aliphatic carbocycles. The van der Waals surface area contributed by atoms with Crippen LogP contribution in [0.2, 0.25) is 0 Å². The second-order valence-corrected chi connectivity index (χ2v) is 18.4. The van der Waals surface area contributed by atoms with Crippen molar-refractivity contribution in [1.82, 2.24) is 0 Å². The molecule has 0 saturated carbocycles. The minimum absolute atomic E-state index is 0.106. The van der Waals surface area contributed by atoms with E-state index in [9.17, 15) is 28.7 Å². The van der Waals surface area contributed by atoms with Crippen LogP contribution in [0.4, 0.5) is 0 Å². The summed E-state index contributed by atoms with van der Waals surface area (Å²) in [6.45, 7) is 1.63. The van der Waals surface area contributed by atoms with Crippen LogP contribution in [-0.4, -0.2) is 82.6 Å². The van der Waals surface area contributed by atoms with E-state index in [2.05, 4.69) is 71.5 Å². The van der Waals surface area contributed by atoms with Crippen molar-refractivity contribution in [2.24, 2.45) is 0 Å². The Morgan fingerprint density at radius 3 is 1.58 bits per heavy atom. The van der Waals surface area contributed by atoms with Crippen molar-refractivity contribution in [1.29, 1.82) is 0 Å². The first-order chi connectivity index (χ1) is 29.8. The van der Waals surface area contributed by atoms with E-state index in [4.69, 9.17) is 28.5 Å². The van der Waals surface area contributed by atoms with E-state index in [1.807, 2.05) is 12.2 Å². The van der Waals surface area contributed by atoms with Crippen LogP contribution in [0.1, 0.15) is 168 Å². The molecule has 1 aliphatic heterocycles. The summed E-state index contributed by atoms with van der Waals surface area (Å²) < 4.78 is 53.5. The lowest BCUT2D eigenvalue weighted by molar-refractivity contribution is -0.161. The molecule has 0 amide bonds. The lowest BCUT2D eigenvalue weighted by atomic mass is 10.1. The van der Waals surface area contributed by atoms with Crippen molar-refractivity contribution in [2.75, 3.05) is 26.4 Å². The van der Waals surface area contributed by atoms with Crippen molar-refractivity contribution in [2.45, 2.75) is 192 Å². The number of rotatable bonds is 42. The summed E-state index contributed by atoms with van der Waals surface area (Å²) >= 11 is 0. The average molecular weight is 919 g/mol. The summed E-state index contributed by atoms with van der Waals surface area (Å²) in [7, 11) is -9.70. The number of carbonyl (C=O) groups excluding carboxylic acids is 2. The SMILES string of the molecule is CCCCC/C=C\C/C=C\CCCCCCCCCC(=O)O[C@H](COC(=O)CCC/C=C\C/C=C\CC1OC1C/C=C\CCCCC)COP(=O)(O)OC[C@@H](O)COP(=O)(O)O. The third-order valence-electron chi connectivity index (χ3n) is 9.77. The van der Waals surface area contributed by atoms with Gasteiger partial charge in [0, 0.05) is 12.8 Å². The Hall–Kier alpha value is -2.22. The number of aliphatic hydroxyl groups excluding tert-OH is 1. The van der Waals surface area contributed by atoms with E-state index in [0.29, 0.717) is 31.5 Å². The van der Waals surface area contributed by atoms with E-state index in [1.54, 1.807) is 0 Å². The van der Waals surface area contributed by atoms with Gasteiger partial charge in [-0.3, -0.25) is 23.2 Å². The largest absolute Gasteiger partial charge is 0.472 e. The third-order valence-corrected chi connectivity index (χ3v) is 11.2. The molecule has 0 aromatic heterocycles. The Morgan fingerprint density at radius 2 is 1.00 bits per heavy atom. The Bertz CT molecular complexity index is 1390. The van der Waals surface area contributed by atoms with Gasteiger partial charge in [-0.25, -0.2) is 9.13 Å². The smallest absolute Gasteiger partial charge is 0.462 e. The molecule has 0 aromatic rings. The van der Waals surface area contributed by atoms with Gasteiger partial charge in [0.1, 0.15) is 12.7 Å². The van der Waals surface area contributed by atoms with Gasteiger partial charge in [0.25, 0.3) is 0 Å². The molecule has 0 aromatic carbocycles. The maximum Gasteiger partial charge on any atom is 0.472 e. The molecule has 1 aliphatic rings. The molecule has 3 unspecified atom stereocenters. The fourth-order valence-corrected chi connectivity index (χ4v) is 7.27. The van der Waals surface area contributed by atoms with Gasteiger partial charge in [0.2, 0.25) is 0 Å². The Morgan fingerprint density at radius 1 is 0.548 bits per heavy atom. The summed E-state index contributed by atoms with van der Waals surface area (Å²) in [6, 6.07) is 0. The molecule has 0 bridgehead atoms. The van der Waals surface area contributed by atoms with Crippen LogP contribution in [0.25, 0.3) is 0 Å². The molecule has 1 rings (SSSR count). The lowest BCUT2D eigenvalue weighted by Crippen LogP contribution is -2.30. The normalized spacial score (nSPS) is 17.8. The molecule has 0 radical (unpaired) electrons. The second-order valence-electron chi connectivity index (χ2n) is 15.7.